The van der Waals surface area contributed by atoms with Crippen LogP contribution in [0.5, 0.6) is 5.88 Å². The van der Waals surface area contributed by atoms with Crippen molar-refractivity contribution in [1.82, 2.24) is 15.3 Å². The zero-order chi connectivity index (χ0) is 13.4. The lowest BCUT2D eigenvalue weighted by Crippen LogP contribution is -2.25. The van der Waals surface area contributed by atoms with Gasteiger partial charge in [-0.05, 0) is 25.3 Å². The minimum atomic E-state index is 0.289. The van der Waals surface area contributed by atoms with Crippen LogP contribution in [0.4, 0.5) is 0 Å². The van der Waals surface area contributed by atoms with Crippen LogP contribution in [0, 0.1) is 5.92 Å². The second-order valence-corrected chi connectivity index (χ2v) is 4.74. The largest absolute Gasteiger partial charge is 0.481 e. The van der Waals surface area contributed by atoms with Crippen molar-refractivity contribution in [3.05, 3.63) is 18.1 Å². The van der Waals surface area contributed by atoms with Crippen molar-refractivity contribution in [3.8, 4) is 5.88 Å². The third kappa shape index (κ3) is 4.61. The Kier molecular flexibility index (Phi) is 6.65. The Hall–Kier alpha value is -1.16. The summed E-state index contributed by atoms with van der Waals surface area (Å²) in [6.07, 6.45) is 4.98. The maximum Gasteiger partial charge on any atom is 0.216 e. The number of aromatic nitrogens is 2. The maximum atomic E-state index is 5.16. The van der Waals surface area contributed by atoms with E-state index in [1.54, 1.807) is 13.4 Å². The quantitative estimate of drug-likeness (QED) is 0.771. The molecule has 0 aliphatic rings. The zero-order valence-electron chi connectivity index (χ0n) is 11.9. The highest BCUT2D eigenvalue weighted by atomic mass is 16.5. The average molecular weight is 251 g/mol. The Morgan fingerprint density at radius 3 is 2.72 bits per heavy atom. The fourth-order valence-corrected chi connectivity index (χ4v) is 1.85. The zero-order valence-corrected chi connectivity index (χ0v) is 11.9. The molecule has 0 saturated heterocycles. The van der Waals surface area contributed by atoms with Crippen LogP contribution < -0.4 is 10.1 Å². The van der Waals surface area contributed by atoms with Crippen molar-refractivity contribution in [2.75, 3.05) is 13.7 Å². The van der Waals surface area contributed by atoms with Gasteiger partial charge in [0.2, 0.25) is 5.88 Å². The van der Waals surface area contributed by atoms with Crippen LogP contribution in [-0.2, 0) is 0 Å². The van der Waals surface area contributed by atoms with Gasteiger partial charge in [0, 0.05) is 12.1 Å². The fraction of sp³-hybridized carbons (Fsp3) is 0.714. The van der Waals surface area contributed by atoms with Gasteiger partial charge in [-0.25, -0.2) is 9.97 Å². The Bertz CT molecular complexity index is 344. The molecule has 102 valence electrons. The molecule has 1 aromatic heterocycles. The Balaban J connectivity index is 2.78. The molecule has 4 heteroatoms. The van der Waals surface area contributed by atoms with Crippen LogP contribution in [-0.4, -0.2) is 23.6 Å². The number of ether oxygens (including phenoxy) is 1. The van der Waals surface area contributed by atoms with Crippen LogP contribution in [0.2, 0.25) is 0 Å². The molecule has 2 unspecified atom stereocenters. The summed E-state index contributed by atoms with van der Waals surface area (Å²) in [6.45, 7) is 7.68. The van der Waals surface area contributed by atoms with E-state index in [4.69, 9.17) is 4.74 Å². The molecule has 1 N–H and O–H groups in total. The van der Waals surface area contributed by atoms with Crippen molar-refractivity contribution in [3.63, 3.8) is 0 Å². The van der Waals surface area contributed by atoms with E-state index >= 15 is 0 Å². The predicted octanol–water partition coefficient (Wildman–Crippen LogP) is 2.96. The number of hydrogen-bond acceptors (Lipinski definition) is 4. The van der Waals surface area contributed by atoms with Crippen molar-refractivity contribution >= 4 is 0 Å². The first-order chi connectivity index (χ1) is 8.71. The second kappa shape index (κ2) is 8.03. The van der Waals surface area contributed by atoms with E-state index in [0.29, 0.717) is 11.8 Å². The second-order valence-electron chi connectivity index (χ2n) is 4.74. The Morgan fingerprint density at radius 1 is 1.33 bits per heavy atom. The Labute approximate surface area is 110 Å². The first kappa shape index (κ1) is 14.9. The molecule has 1 aromatic rings. The molecule has 2 atom stereocenters. The first-order valence-electron chi connectivity index (χ1n) is 6.80. The summed E-state index contributed by atoms with van der Waals surface area (Å²) in [5, 5.41) is 3.56. The lowest BCUT2D eigenvalue weighted by molar-refractivity contribution is 0.380. The molecule has 0 bridgehead atoms. The minimum Gasteiger partial charge on any atom is -0.481 e. The average Bonchev–Trinajstić information content (AvgIpc) is 2.43. The van der Waals surface area contributed by atoms with Gasteiger partial charge < -0.3 is 10.1 Å². The van der Waals surface area contributed by atoms with Crippen molar-refractivity contribution in [2.45, 2.75) is 46.1 Å². The monoisotopic (exact) mass is 251 g/mol. The van der Waals surface area contributed by atoms with Gasteiger partial charge >= 0.3 is 0 Å². The molecule has 0 radical (unpaired) electrons. The normalized spacial score (nSPS) is 14.2. The van der Waals surface area contributed by atoms with Gasteiger partial charge in [-0.2, -0.15) is 0 Å². The van der Waals surface area contributed by atoms with Crippen LogP contribution >= 0.6 is 0 Å². The molecule has 0 spiro atoms. The summed E-state index contributed by atoms with van der Waals surface area (Å²) < 4.78 is 5.16. The van der Waals surface area contributed by atoms with Gasteiger partial charge in [0.05, 0.1) is 12.8 Å². The molecule has 1 rings (SSSR count). The SMILES string of the molecule is CCCNC(CC(C)CC)c1cc(OC)ncn1. The van der Waals surface area contributed by atoms with Gasteiger partial charge in [0.1, 0.15) is 6.33 Å². The van der Waals surface area contributed by atoms with Gasteiger partial charge in [0.15, 0.2) is 0 Å². The van der Waals surface area contributed by atoms with E-state index < -0.39 is 0 Å². The lowest BCUT2D eigenvalue weighted by Gasteiger charge is -2.21. The summed E-state index contributed by atoms with van der Waals surface area (Å²) in [7, 11) is 1.63. The molecular formula is C14H25N3O. The van der Waals surface area contributed by atoms with Gasteiger partial charge in [-0.1, -0.05) is 27.2 Å². The molecule has 4 nitrogen and oxygen atoms in total. The van der Waals surface area contributed by atoms with Gasteiger partial charge in [-0.15, -0.1) is 0 Å². The summed E-state index contributed by atoms with van der Waals surface area (Å²) >= 11 is 0. The first-order valence-corrected chi connectivity index (χ1v) is 6.80. The topological polar surface area (TPSA) is 47.0 Å². The molecule has 1 heterocycles. The number of rotatable bonds is 8. The third-order valence-corrected chi connectivity index (χ3v) is 3.21. The van der Waals surface area contributed by atoms with Crippen molar-refractivity contribution in [1.29, 1.82) is 0 Å². The maximum absolute atomic E-state index is 5.16. The number of nitrogens with one attached hydrogen (secondary N) is 1. The standard InChI is InChI=1S/C14H25N3O/c1-5-7-15-12(8-11(3)6-2)13-9-14(18-4)17-10-16-13/h9-12,15H,5-8H2,1-4H3. The molecule has 0 aliphatic carbocycles. The van der Waals surface area contributed by atoms with Crippen LogP contribution in [0.15, 0.2) is 12.4 Å². The molecule has 0 aliphatic heterocycles. The summed E-state index contributed by atoms with van der Waals surface area (Å²) in [6, 6.07) is 2.22. The molecule has 0 aromatic carbocycles. The molecule has 0 saturated carbocycles. The van der Waals surface area contributed by atoms with E-state index in [2.05, 4.69) is 36.1 Å². The minimum absolute atomic E-state index is 0.289. The van der Waals surface area contributed by atoms with Crippen LogP contribution in [0.3, 0.4) is 0 Å². The number of methoxy groups -OCH3 is 1. The van der Waals surface area contributed by atoms with Gasteiger partial charge in [0.25, 0.3) is 0 Å². The predicted molar refractivity (Wildman–Crippen MR) is 73.7 cm³/mol. The van der Waals surface area contributed by atoms with Crippen molar-refractivity contribution in [2.24, 2.45) is 5.92 Å². The lowest BCUT2D eigenvalue weighted by atomic mass is 9.97. The highest BCUT2D eigenvalue weighted by molar-refractivity contribution is 5.16. The van der Waals surface area contributed by atoms with Crippen LogP contribution in [0.1, 0.15) is 51.8 Å². The summed E-state index contributed by atoms with van der Waals surface area (Å²) in [5.74, 6) is 1.31. The van der Waals surface area contributed by atoms with Gasteiger partial charge in [-0.3, -0.25) is 0 Å². The highest BCUT2D eigenvalue weighted by Crippen LogP contribution is 2.23. The molecular weight excluding hydrogens is 226 g/mol. The molecule has 18 heavy (non-hydrogen) atoms. The van der Waals surface area contributed by atoms with E-state index in [9.17, 15) is 0 Å². The smallest absolute Gasteiger partial charge is 0.216 e. The van der Waals surface area contributed by atoms with E-state index in [1.165, 1.54) is 6.42 Å². The van der Waals surface area contributed by atoms with E-state index in [1.807, 2.05) is 6.07 Å². The number of nitrogens with zero attached hydrogens (tertiary/aromatic N) is 2. The summed E-state index contributed by atoms with van der Waals surface area (Å²) in [5.41, 5.74) is 1.02. The molecule has 0 fully saturated rings. The molecule has 0 amide bonds. The number of hydrogen-bond donors (Lipinski definition) is 1. The van der Waals surface area contributed by atoms with Crippen LogP contribution in [0.25, 0.3) is 0 Å². The fourth-order valence-electron chi connectivity index (χ4n) is 1.85. The van der Waals surface area contributed by atoms with E-state index in [-0.39, 0.29) is 6.04 Å². The third-order valence-electron chi connectivity index (χ3n) is 3.21. The van der Waals surface area contributed by atoms with E-state index in [0.717, 1.165) is 25.1 Å². The Morgan fingerprint density at radius 2 is 2.11 bits per heavy atom. The summed E-state index contributed by atoms with van der Waals surface area (Å²) in [4.78, 5) is 8.43. The van der Waals surface area contributed by atoms with Crippen molar-refractivity contribution < 1.29 is 4.74 Å². The highest BCUT2D eigenvalue weighted by Gasteiger charge is 2.16.